The summed E-state index contributed by atoms with van der Waals surface area (Å²) in [6, 6.07) is -2.33. The van der Waals surface area contributed by atoms with Crippen molar-refractivity contribution in [2.24, 2.45) is 11.7 Å². The number of hydrogen-bond acceptors (Lipinski definition) is 8. The Bertz CT molecular complexity index is 990. The maximum atomic E-state index is 12.7. The van der Waals surface area contributed by atoms with Crippen molar-refractivity contribution in [3.8, 4) is 0 Å². The monoisotopic (exact) mass is 537 g/mol. The molecular weight excluding hydrogens is 502 g/mol. The normalized spacial score (nSPS) is 22.6. The van der Waals surface area contributed by atoms with Crippen LogP contribution >= 0.6 is 11.8 Å². The van der Waals surface area contributed by atoms with Gasteiger partial charge in [0.05, 0.1) is 5.57 Å². The van der Waals surface area contributed by atoms with Crippen LogP contribution in [0.2, 0.25) is 0 Å². The fourth-order valence-corrected chi connectivity index (χ4v) is 4.96. The summed E-state index contributed by atoms with van der Waals surface area (Å²) in [5, 5.41) is 24.1. The summed E-state index contributed by atoms with van der Waals surface area (Å²) in [5.41, 5.74) is 8.31. The number of amides is 2. The summed E-state index contributed by atoms with van der Waals surface area (Å²) in [6.07, 6.45) is 6.85. The van der Waals surface area contributed by atoms with Gasteiger partial charge in [0.1, 0.15) is 24.7 Å². The van der Waals surface area contributed by atoms with Crippen LogP contribution in [0.5, 0.6) is 0 Å². The van der Waals surface area contributed by atoms with Gasteiger partial charge in [0.25, 0.3) is 0 Å². The van der Waals surface area contributed by atoms with Gasteiger partial charge in [0.2, 0.25) is 11.8 Å². The average Bonchev–Trinajstić information content (AvgIpc) is 3.12. The first-order valence-corrected chi connectivity index (χ1v) is 13.2. The highest BCUT2D eigenvalue weighted by molar-refractivity contribution is 8.02. The first-order chi connectivity index (χ1) is 17.5. The molecule has 1 aliphatic heterocycles. The molecule has 37 heavy (non-hydrogen) atoms. The molecule has 2 amide bonds. The lowest BCUT2D eigenvalue weighted by Gasteiger charge is -2.19. The largest absolute Gasteiger partial charge is 0.480 e. The van der Waals surface area contributed by atoms with Gasteiger partial charge in [-0.25, -0.2) is 4.79 Å². The quantitative estimate of drug-likeness (QED) is 0.147. The van der Waals surface area contributed by atoms with Gasteiger partial charge in [0, 0.05) is 18.1 Å². The minimum absolute atomic E-state index is 0.0180. The lowest BCUT2D eigenvalue weighted by molar-refractivity contribution is -0.139. The fraction of sp³-hybridized carbons (Fsp3) is 0.560. The number of carboxylic acids is 2. The van der Waals surface area contributed by atoms with Crippen LogP contribution in [0, 0.1) is 5.92 Å². The number of carbonyl (C=O) groups is 5. The number of hydrogen-bond donors (Lipinski definition) is 5. The molecule has 0 saturated carbocycles. The molecule has 2 aliphatic rings. The van der Waals surface area contributed by atoms with Crippen LogP contribution in [0.25, 0.3) is 0 Å². The van der Waals surface area contributed by atoms with Crippen molar-refractivity contribution in [2.45, 2.75) is 70.6 Å². The van der Waals surface area contributed by atoms with Gasteiger partial charge in [-0.1, -0.05) is 17.2 Å². The van der Waals surface area contributed by atoms with Crippen LogP contribution in [0.15, 0.2) is 34.3 Å². The van der Waals surface area contributed by atoms with E-state index < -0.39 is 48.4 Å². The number of nitrogens with one attached hydrogen (secondary N) is 2. The molecule has 2 rings (SSSR count). The van der Waals surface area contributed by atoms with Crippen molar-refractivity contribution in [1.82, 2.24) is 10.6 Å². The molecule has 0 aromatic heterocycles. The molecule has 0 aromatic rings. The molecule has 1 heterocycles. The molecule has 0 bridgehead atoms. The number of allylic oxidation sites excluding steroid dienone is 3. The molecule has 0 spiro atoms. The molecule has 4 atom stereocenters. The summed E-state index contributed by atoms with van der Waals surface area (Å²) in [4.78, 5) is 59.2. The SMILES string of the molecule is CC1=C[C@H]2OC(=O)/C(=C\SC[C@H](NC(=O)CC[C@H](N)C(=O)O)C(=O)NCC(=O)O)[C@@H]2CCC(C)=CCC1. The van der Waals surface area contributed by atoms with E-state index in [0.29, 0.717) is 5.57 Å². The molecule has 1 saturated heterocycles. The zero-order valence-corrected chi connectivity index (χ0v) is 21.8. The lowest BCUT2D eigenvalue weighted by Crippen LogP contribution is -2.49. The summed E-state index contributed by atoms with van der Waals surface area (Å²) in [6.45, 7) is 3.45. The average molecular weight is 538 g/mol. The van der Waals surface area contributed by atoms with Gasteiger partial charge in [0.15, 0.2) is 0 Å². The maximum absolute atomic E-state index is 12.7. The van der Waals surface area contributed by atoms with E-state index in [9.17, 15) is 24.0 Å². The van der Waals surface area contributed by atoms with E-state index in [1.165, 1.54) is 5.57 Å². The van der Waals surface area contributed by atoms with Crippen molar-refractivity contribution in [1.29, 1.82) is 0 Å². The summed E-state index contributed by atoms with van der Waals surface area (Å²) in [5.74, 6) is -4.36. The Kier molecular flexibility index (Phi) is 11.9. The number of esters is 1. The molecular formula is C25H35N3O8S. The van der Waals surface area contributed by atoms with Crippen LogP contribution in [-0.2, 0) is 28.7 Å². The molecule has 11 nitrogen and oxygen atoms in total. The second-order valence-electron chi connectivity index (χ2n) is 9.24. The van der Waals surface area contributed by atoms with Crippen LogP contribution < -0.4 is 16.4 Å². The zero-order chi connectivity index (χ0) is 27.5. The highest BCUT2D eigenvalue weighted by Gasteiger charge is 2.38. The third-order valence-corrected chi connectivity index (χ3v) is 7.09. The van der Waals surface area contributed by atoms with Crippen LogP contribution in [-0.4, -0.2) is 70.4 Å². The fourth-order valence-electron chi connectivity index (χ4n) is 3.98. The first kappa shape index (κ1) is 30.1. The van der Waals surface area contributed by atoms with E-state index >= 15 is 0 Å². The smallest absolute Gasteiger partial charge is 0.335 e. The Balaban J connectivity index is 2.11. The summed E-state index contributed by atoms with van der Waals surface area (Å²) < 4.78 is 5.63. The van der Waals surface area contributed by atoms with Gasteiger partial charge >= 0.3 is 17.9 Å². The highest BCUT2D eigenvalue weighted by atomic mass is 32.2. The van der Waals surface area contributed by atoms with Gasteiger partial charge < -0.3 is 31.3 Å². The summed E-state index contributed by atoms with van der Waals surface area (Å²) in [7, 11) is 0. The lowest BCUT2D eigenvalue weighted by atomic mass is 9.88. The Morgan fingerprint density at radius 1 is 1.22 bits per heavy atom. The van der Waals surface area contributed by atoms with E-state index in [1.807, 2.05) is 13.0 Å². The van der Waals surface area contributed by atoms with Crippen molar-refractivity contribution in [3.63, 3.8) is 0 Å². The predicted octanol–water partition coefficient (Wildman–Crippen LogP) is 1.49. The third-order valence-electron chi connectivity index (χ3n) is 6.14. The van der Waals surface area contributed by atoms with Gasteiger partial charge in [-0.15, -0.1) is 11.8 Å². The second-order valence-corrected chi connectivity index (χ2v) is 10.1. The Morgan fingerprint density at radius 3 is 2.62 bits per heavy atom. The van der Waals surface area contributed by atoms with E-state index in [2.05, 4.69) is 23.6 Å². The second kappa shape index (κ2) is 14.6. The van der Waals surface area contributed by atoms with Gasteiger partial charge in [-0.05, 0) is 57.4 Å². The molecule has 1 aliphatic carbocycles. The van der Waals surface area contributed by atoms with E-state index in [-0.39, 0.29) is 30.6 Å². The van der Waals surface area contributed by atoms with Crippen molar-refractivity contribution >= 4 is 41.5 Å². The van der Waals surface area contributed by atoms with Crippen molar-refractivity contribution in [3.05, 3.63) is 34.3 Å². The van der Waals surface area contributed by atoms with Crippen LogP contribution in [0.4, 0.5) is 0 Å². The van der Waals surface area contributed by atoms with Crippen molar-refractivity contribution < 1.29 is 38.9 Å². The predicted molar refractivity (Wildman–Crippen MR) is 137 cm³/mol. The molecule has 12 heteroatoms. The zero-order valence-electron chi connectivity index (χ0n) is 21.0. The van der Waals surface area contributed by atoms with Crippen molar-refractivity contribution in [2.75, 3.05) is 12.3 Å². The number of carbonyl (C=O) groups excluding carboxylic acids is 3. The molecule has 0 unspecified atom stereocenters. The Morgan fingerprint density at radius 2 is 1.95 bits per heavy atom. The topological polar surface area (TPSA) is 185 Å². The first-order valence-electron chi connectivity index (χ1n) is 12.1. The number of fused-ring (bicyclic) bond motifs is 1. The standard InChI is InChI=1S/C25H35N3O8S/c1-14-4-3-5-15(2)10-20-16(7-6-14)17(25(35)36-20)12-37-13-19(23(32)27-11-22(30)31)28-21(29)9-8-18(26)24(33)34/h4,10,12,16,18-20H,3,5-9,11,13,26H2,1-2H3,(H,27,32)(H,28,29)(H,30,31)(H,33,34)/b14-4?,15-10?,17-12-/t16-,18-,19-,20+/m0/s1. The van der Waals surface area contributed by atoms with Crippen LogP contribution in [0.3, 0.4) is 0 Å². The summed E-state index contributed by atoms with van der Waals surface area (Å²) >= 11 is 1.13. The van der Waals surface area contributed by atoms with Gasteiger partial charge in [-0.2, -0.15) is 0 Å². The number of aliphatic carboxylic acids is 2. The van der Waals surface area contributed by atoms with E-state index in [4.69, 9.17) is 20.7 Å². The van der Waals surface area contributed by atoms with Gasteiger partial charge in [-0.3, -0.25) is 19.2 Å². The van der Waals surface area contributed by atoms with E-state index in [0.717, 1.165) is 43.0 Å². The number of rotatable bonds is 11. The molecule has 0 radical (unpaired) electrons. The minimum Gasteiger partial charge on any atom is -0.480 e. The molecule has 6 N–H and O–H groups in total. The maximum Gasteiger partial charge on any atom is 0.335 e. The number of thioether (sulfide) groups is 1. The molecule has 1 fully saturated rings. The Hall–Kier alpha value is -3.12. The number of nitrogens with two attached hydrogens (primary N) is 1. The molecule has 204 valence electrons. The number of ether oxygens (including phenoxy) is 1. The Labute approximate surface area is 219 Å². The van der Waals surface area contributed by atoms with Crippen LogP contribution in [0.1, 0.15) is 52.4 Å². The number of carboxylic acid groups (broad SMARTS) is 2. The third kappa shape index (κ3) is 10.0. The highest BCUT2D eigenvalue weighted by Crippen LogP contribution is 2.36. The molecule has 0 aromatic carbocycles. The van der Waals surface area contributed by atoms with E-state index in [1.54, 1.807) is 5.41 Å². The minimum atomic E-state index is -1.25.